The van der Waals surface area contributed by atoms with Gasteiger partial charge in [-0.15, -0.1) is 0 Å². The molecule has 0 radical (unpaired) electrons. The summed E-state index contributed by atoms with van der Waals surface area (Å²) in [5.74, 6) is 0.0471. The molecule has 3 nitrogen and oxygen atoms in total. The van der Waals surface area contributed by atoms with Crippen LogP contribution in [0.2, 0.25) is 0 Å². The molecule has 156 valence electrons. The SMILES string of the molecule is CCCCCCCCC(CCNC1CCCCC1)C(C)(OCC)OCC. The van der Waals surface area contributed by atoms with Gasteiger partial charge in [0.25, 0.3) is 0 Å². The molecular weight excluding hydrogens is 322 g/mol. The van der Waals surface area contributed by atoms with Crippen molar-refractivity contribution in [3.63, 3.8) is 0 Å². The topological polar surface area (TPSA) is 30.5 Å². The Morgan fingerprint density at radius 2 is 1.46 bits per heavy atom. The standard InChI is InChI=1S/C23H47NO2/c1-5-8-9-10-11-13-16-21(23(4,25-6-2)26-7-3)19-20-24-22-17-14-12-15-18-22/h21-22,24H,5-20H2,1-4H3. The molecule has 1 aliphatic carbocycles. The van der Waals surface area contributed by atoms with E-state index in [4.69, 9.17) is 9.47 Å². The molecule has 1 aliphatic rings. The lowest BCUT2D eigenvalue weighted by Gasteiger charge is -2.38. The van der Waals surface area contributed by atoms with Crippen LogP contribution in [0.15, 0.2) is 0 Å². The Labute approximate surface area is 164 Å². The summed E-state index contributed by atoms with van der Waals surface area (Å²) in [4.78, 5) is 0. The van der Waals surface area contributed by atoms with Gasteiger partial charge >= 0.3 is 0 Å². The summed E-state index contributed by atoms with van der Waals surface area (Å²) in [5, 5.41) is 3.82. The van der Waals surface area contributed by atoms with Gasteiger partial charge in [0.05, 0.1) is 0 Å². The van der Waals surface area contributed by atoms with Gasteiger partial charge < -0.3 is 14.8 Å². The fraction of sp³-hybridized carbons (Fsp3) is 1.00. The predicted octanol–water partition coefficient (Wildman–Crippen LogP) is 6.45. The molecule has 0 saturated heterocycles. The lowest BCUT2D eigenvalue weighted by Crippen LogP contribution is -2.43. The van der Waals surface area contributed by atoms with Gasteiger partial charge in [0.15, 0.2) is 5.79 Å². The Morgan fingerprint density at radius 3 is 2.08 bits per heavy atom. The predicted molar refractivity (Wildman–Crippen MR) is 113 cm³/mol. The largest absolute Gasteiger partial charge is 0.350 e. The first-order valence-corrected chi connectivity index (χ1v) is 11.7. The molecule has 1 fully saturated rings. The van der Waals surface area contributed by atoms with Crippen LogP contribution in [0, 0.1) is 5.92 Å². The highest BCUT2D eigenvalue weighted by molar-refractivity contribution is 4.79. The van der Waals surface area contributed by atoms with Crippen molar-refractivity contribution in [1.29, 1.82) is 0 Å². The highest BCUT2D eigenvalue weighted by Gasteiger charge is 2.35. The Morgan fingerprint density at radius 1 is 0.846 bits per heavy atom. The average Bonchev–Trinajstić information content (AvgIpc) is 2.64. The third-order valence-corrected chi connectivity index (χ3v) is 6.04. The van der Waals surface area contributed by atoms with E-state index in [1.807, 2.05) is 0 Å². The van der Waals surface area contributed by atoms with Crippen LogP contribution in [0.25, 0.3) is 0 Å². The first kappa shape index (κ1) is 23.9. The normalized spacial score (nSPS) is 17.5. The summed E-state index contributed by atoms with van der Waals surface area (Å²) in [6.45, 7) is 11.2. The lowest BCUT2D eigenvalue weighted by atomic mass is 9.89. The van der Waals surface area contributed by atoms with E-state index in [9.17, 15) is 0 Å². The summed E-state index contributed by atoms with van der Waals surface area (Å²) >= 11 is 0. The van der Waals surface area contributed by atoms with E-state index in [0.29, 0.717) is 5.92 Å². The molecule has 26 heavy (non-hydrogen) atoms. The third kappa shape index (κ3) is 9.71. The number of hydrogen-bond acceptors (Lipinski definition) is 3. The molecular formula is C23H47NO2. The maximum absolute atomic E-state index is 6.12. The molecule has 1 saturated carbocycles. The van der Waals surface area contributed by atoms with E-state index in [-0.39, 0.29) is 0 Å². The number of unbranched alkanes of at least 4 members (excludes halogenated alkanes) is 5. The molecule has 3 heteroatoms. The van der Waals surface area contributed by atoms with Gasteiger partial charge in [0.1, 0.15) is 0 Å². The molecule has 0 aliphatic heterocycles. The van der Waals surface area contributed by atoms with Crippen molar-refractivity contribution in [2.45, 2.75) is 123 Å². The molecule has 0 aromatic carbocycles. The quantitative estimate of drug-likeness (QED) is 0.250. The van der Waals surface area contributed by atoms with Crippen molar-refractivity contribution >= 4 is 0 Å². The first-order valence-electron chi connectivity index (χ1n) is 11.7. The van der Waals surface area contributed by atoms with E-state index in [1.165, 1.54) is 77.0 Å². The van der Waals surface area contributed by atoms with Gasteiger partial charge in [-0.25, -0.2) is 0 Å². The highest BCUT2D eigenvalue weighted by Crippen LogP contribution is 2.31. The average molecular weight is 370 g/mol. The van der Waals surface area contributed by atoms with Crippen molar-refractivity contribution in [2.24, 2.45) is 5.92 Å². The zero-order valence-electron chi connectivity index (χ0n) is 18.3. The second-order valence-corrected chi connectivity index (χ2v) is 8.21. The minimum absolute atomic E-state index is 0.429. The number of nitrogens with one attached hydrogen (secondary N) is 1. The molecule has 1 N–H and O–H groups in total. The maximum atomic E-state index is 6.12. The van der Waals surface area contributed by atoms with Crippen LogP contribution in [-0.4, -0.2) is 31.6 Å². The zero-order valence-corrected chi connectivity index (χ0v) is 18.3. The zero-order chi connectivity index (χ0) is 19.1. The van der Waals surface area contributed by atoms with E-state index in [1.54, 1.807) is 0 Å². The van der Waals surface area contributed by atoms with Crippen LogP contribution in [0.1, 0.15) is 111 Å². The van der Waals surface area contributed by atoms with Crippen molar-refractivity contribution in [3.05, 3.63) is 0 Å². The van der Waals surface area contributed by atoms with E-state index in [2.05, 4.69) is 33.0 Å². The van der Waals surface area contributed by atoms with Crippen molar-refractivity contribution < 1.29 is 9.47 Å². The summed E-state index contributed by atoms with van der Waals surface area (Å²) < 4.78 is 12.2. The second-order valence-electron chi connectivity index (χ2n) is 8.21. The maximum Gasteiger partial charge on any atom is 0.168 e. The Hall–Kier alpha value is -0.120. The molecule has 0 aromatic heterocycles. The molecule has 1 unspecified atom stereocenters. The molecule has 0 spiro atoms. The number of ether oxygens (including phenoxy) is 2. The van der Waals surface area contributed by atoms with Crippen LogP contribution < -0.4 is 5.32 Å². The monoisotopic (exact) mass is 369 g/mol. The second kappa shape index (κ2) is 14.9. The Kier molecular flexibility index (Phi) is 13.7. The fourth-order valence-corrected chi connectivity index (χ4v) is 4.46. The summed E-state index contributed by atoms with van der Waals surface area (Å²) in [6.07, 6.45) is 17.4. The van der Waals surface area contributed by atoms with Crippen LogP contribution >= 0.6 is 0 Å². The van der Waals surface area contributed by atoms with E-state index < -0.39 is 5.79 Å². The Bertz CT molecular complexity index is 309. The van der Waals surface area contributed by atoms with E-state index in [0.717, 1.165) is 32.2 Å². The molecule has 1 rings (SSSR count). The van der Waals surface area contributed by atoms with Crippen LogP contribution in [0.3, 0.4) is 0 Å². The summed E-state index contributed by atoms with van der Waals surface area (Å²) in [6, 6.07) is 0.740. The third-order valence-electron chi connectivity index (χ3n) is 6.04. The molecule has 0 heterocycles. The smallest absolute Gasteiger partial charge is 0.168 e. The molecule has 0 aromatic rings. The number of rotatable bonds is 16. The summed E-state index contributed by atoms with van der Waals surface area (Å²) in [7, 11) is 0. The van der Waals surface area contributed by atoms with Crippen molar-refractivity contribution in [3.8, 4) is 0 Å². The highest BCUT2D eigenvalue weighted by atomic mass is 16.7. The molecule has 0 bridgehead atoms. The van der Waals surface area contributed by atoms with Gasteiger partial charge in [-0.3, -0.25) is 0 Å². The van der Waals surface area contributed by atoms with Crippen LogP contribution in [-0.2, 0) is 9.47 Å². The van der Waals surface area contributed by atoms with Crippen molar-refractivity contribution in [2.75, 3.05) is 19.8 Å². The number of hydrogen-bond donors (Lipinski definition) is 1. The van der Waals surface area contributed by atoms with Gasteiger partial charge in [0, 0.05) is 25.2 Å². The first-order chi connectivity index (χ1) is 12.7. The summed E-state index contributed by atoms with van der Waals surface area (Å²) in [5.41, 5.74) is 0. The minimum Gasteiger partial charge on any atom is -0.350 e. The minimum atomic E-state index is -0.429. The van der Waals surface area contributed by atoms with Crippen LogP contribution in [0.5, 0.6) is 0 Å². The van der Waals surface area contributed by atoms with E-state index >= 15 is 0 Å². The van der Waals surface area contributed by atoms with Gasteiger partial charge in [-0.2, -0.15) is 0 Å². The lowest BCUT2D eigenvalue weighted by molar-refractivity contribution is -0.254. The van der Waals surface area contributed by atoms with Crippen LogP contribution in [0.4, 0.5) is 0 Å². The van der Waals surface area contributed by atoms with Crippen molar-refractivity contribution in [1.82, 2.24) is 5.32 Å². The molecule has 0 amide bonds. The van der Waals surface area contributed by atoms with Gasteiger partial charge in [-0.05, 0) is 53.0 Å². The fourth-order valence-electron chi connectivity index (χ4n) is 4.46. The van der Waals surface area contributed by atoms with Gasteiger partial charge in [-0.1, -0.05) is 64.7 Å². The molecule has 1 atom stereocenters. The Balaban J connectivity index is 2.46. The van der Waals surface area contributed by atoms with Gasteiger partial charge in [0.2, 0.25) is 0 Å².